The Bertz CT molecular complexity index is 2020. The lowest BCUT2D eigenvalue weighted by molar-refractivity contribution is -0.870. The molecule has 0 saturated carbocycles. The number of hydrogen-bond donors (Lipinski definition) is 0. The molecule has 9 heteroatoms. The van der Waals surface area contributed by atoms with E-state index in [4.69, 9.17) is 18.9 Å². The number of carboxylic acid groups (broad SMARTS) is 1. The molecule has 0 bridgehead atoms. The fourth-order valence-electron chi connectivity index (χ4n) is 9.34. The molecule has 0 aliphatic carbocycles. The van der Waals surface area contributed by atoms with E-state index in [1.165, 1.54) is 116 Å². The van der Waals surface area contributed by atoms with Crippen LogP contribution in [0.15, 0.2) is 158 Å². The van der Waals surface area contributed by atoms with Crippen molar-refractivity contribution in [2.24, 2.45) is 0 Å². The zero-order chi connectivity index (χ0) is 64.7. The second kappa shape index (κ2) is 68.8. The molecule has 0 aromatic carbocycles. The zero-order valence-electron chi connectivity index (χ0n) is 57.5. The van der Waals surface area contributed by atoms with Gasteiger partial charge in [0.25, 0.3) is 0 Å². The second-order valence-corrected chi connectivity index (χ2v) is 24.4. The van der Waals surface area contributed by atoms with Gasteiger partial charge >= 0.3 is 11.9 Å². The third-order valence-electron chi connectivity index (χ3n) is 14.8. The SMILES string of the molecule is CC/C=C\C/C=C\C/C=C\C/C=C\C/C=C\C/C=C\C/C=C\C/C=C\C/C=C\C/C=C\CCCCCCC(=O)OC(COC(=O)CCCCCCCCCCCCCCCC/C=C\C/C=C\C/C=C\CCCCCCC)COC(OCC[N+](C)(C)C)C(=O)[O-]. The number of allylic oxidation sites excluding steroid dienone is 26. The lowest BCUT2D eigenvalue weighted by atomic mass is 10.0. The maximum atomic E-state index is 12.9. The molecule has 0 heterocycles. The van der Waals surface area contributed by atoms with E-state index >= 15 is 0 Å². The van der Waals surface area contributed by atoms with Crippen molar-refractivity contribution < 1.29 is 42.9 Å². The van der Waals surface area contributed by atoms with Crippen LogP contribution in [0.3, 0.4) is 0 Å². The van der Waals surface area contributed by atoms with Gasteiger partial charge in [-0.3, -0.25) is 9.59 Å². The smallest absolute Gasteiger partial charge is 0.306 e. The number of nitrogens with zero attached hydrogens (tertiary/aromatic N) is 1. The van der Waals surface area contributed by atoms with E-state index in [0.29, 0.717) is 17.4 Å². The number of carbonyl (C=O) groups is 3. The van der Waals surface area contributed by atoms with Crippen LogP contribution in [-0.4, -0.2) is 82.3 Å². The number of carboxylic acids is 1. The average molecular weight is 1230 g/mol. The Labute approximate surface area is 546 Å². The summed E-state index contributed by atoms with van der Waals surface area (Å²) in [6, 6.07) is 0. The van der Waals surface area contributed by atoms with Crippen molar-refractivity contribution in [2.75, 3.05) is 47.5 Å². The molecule has 0 aliphatic rings. The monoisotopic (exact) mass is 1230 g/mol. The summed E-state index contributed by atoms with van der Waals surface area (Å²) >= 11 is 0. The summed E-state index contributed by atoms with van der Waals surface area (Å²) in [5.74, 6) is -2.33. The number of hydrogen-bond acceptors (Lipinski definition) is 8. The van der Waals surface area contributed by atoms with Crippen LogP contribution in [0, 0.1) is 0 Å². The van der Waals surface area contributed by atoms with Crippen LogP contribution >= 0.6 is 0 Å². The first kappa shape index (κ1) is 83.9. The third-order valence-corrected chi connectivity index (χ3v) is 14.8. The Morgan fingerprint density at radius 3 is 0.955 bits per heavy atom. The van der Waals surface area contributed by atoms with Gasteiger partial charge < -0.3 is 33.3 Å². The van der Waals surface area contributed by atoms with Crippen LogP contribution in [0.4, 0.5) is 0 Å². The molecule has 2 atom stereocenters. The third kappa shape index (κ3) is 70.2. The number of likely N-dealkylation sites (N-methyl/N-ethyl adjacent to an activating group) is 1. The minimum absolute atomic E-state index is 0.134. The summed E-state index contributed by atoms with van der Waals surface area (Å²) in [5.41, 5.74) is 0. The average Bonchev–Trinajstić information content (AvgIpc) is 3.64. The highest BCUT2D eigenvalue weighted by Crippen LogP contribution is 2.16. The second-order valence-electron chi connectivity index (χ2n) is 24.4. The summed E-state index contributed by atoms with van der Waals surface area (Å²) in [4.78, 5) is 37.5. The van der Waals surface area contributed by atoms with Crippen LogP contribution in [0.2, 0.25) is 0 Å². The molecule has 0 rings (SSSR count). The van der Waals surface area contributed by atoms with Crippen molar-refractivity contribution in [3.8, 4) is 0 Å². The van der Waals surface area contributed by atoms with Gasteiger partial charge in [0.1, 0.15) is 13.2 Å². The Kier molecular flexibility index (Phi) is 64.9. The van der Waals surface area contributed by atoms with E-state index in [1.807, 2.05) is 21.1 Å². The molecule has 0 aromatic heterocycles. The van der Waals surface area contributed by atoms with Crippen molar-refractivity contribution in [1.29, 1.82) is 0 Å². The summed E-state index contributed by atoms with van der Waals surface area (Å²) in [6.45, 7) is 4.59. The highest BCUT2D eigenvalue weighted by Gasteiger charge is 2.22. The molecule has 0 aliphatic heterocycles. The van der Waals surface area contributed by atoms with Crippen molar-refractivity contribution in [1.82, 2.24) is 0 Å². The maximum Gasteiger partial charge on any atom is 0.306 e. The summed E-state index contributed by atoms with van der Waals surface area (Å²) in [5, 5.41) is 11.8. The van der Waals surface area contributed by atoms with Gasteiger partial charge in [-0.05, 0) is 128 Å². The van der Waals surface area contributed by atoms with E-state index in [2.05, 4.69) is 172 Å². The molecule has 0 spiro atoms. The molecule has 2 unspecified atom stereocenters. The first-order valence-electron chi connectivity index (χ1n) is 35.6. The first-order valence-corrected chi connectivity index (χ1v) is 35.6. The molecular weight excluding hydrogens is 1100 g/mol. The lowest BCUT2D eigenvalue weighted by Gasteiger charge is -2.26. The fraction of sp³-hybridized carbons (Fsp3) is 0.637. The first-order chi connectivity index (χ1) is 43.6. The predicted molar refractivity (Wildman–Crippen MR) is 379 cm³/mol. The van der Waals surface area contributed by atoms with Crippen molar-refractivity contribution in [3.63, 3.8) is 0 Å². The number of quaternary nitrogens is 1. The topological polar surface area (TPSA) is 111 Å². The van der Waals surface area contributed by atoms with Gasteiger partial charge in [-0.15, -0.1) is 0 Å². The van der Waals surface area contributed by atoms with E-state index < -0.39 is 24.3 Å². The van der Waals surface area contributed by atoms with Crippen LogP contribution in [0.1, 0.15) is 271 Å². The molecule has 89 heavy (non-hydrogen) atoms. The molecule has 9 nitrogen and oxygen atoms in total. The molecule has 504 valence electrons. The molecule has 0 saturated heterocycles. The largest absolute Gasteiger partial charge is 0.545 e. The van der Waals surface area contributed by atoms with Gasteiger partial charge in [0, 0.05) is 12.8 Å². The van der Waals surface area contributed by atoms with Gasteiger partial charge in [-0.25, -0.2) is 0 Å². The molecular formula is C80H131NO8. The zero-order valence-corrected chi connectivity index (χ0v) is 57.5. The molecule has 0 radical (unpaired) electrons. The lowest BCUT2D eigenvalue weighted by Crippen LogP contribution is -2.44. The van der Waals surface area contributed by atoms with Crippen molar-refractivity contribution in [2.45, 2.75) is 283 Å². The minimum Gasteiger partial charge on any atom is -0.545 e. The fourth-order valence-corrected chi connectivity index (χ4v) is 9.34. The quantitative estimate of drug-likeness (QED) is 0.0195. The molecule has 0 aromatic rings. The summed E-state index contributed by atoms with van der Waals surface area (Å²) in [7, 11) is 5.91. The molecule has 0 amide bonds. The van der Waals surface area contributed by atoms with E-state index in [0.717, 1.165) is 122 Å². The highest BCUT2D eigenvalue weighted by atomic mass is 16.7. The summed E-state index contributed by atoms with van der Waals surface area (Å²) in [6.07, 6.45) is 98.9. The Morgan fingerprint density at radius 2 is 0.640 bits per heavy atom. The number of carbonyl (C=O) groups excluding carboxylic acids is 3. The molecule has 0 fully saturated rings. The van der Waals surface area contributed by atoms with E-state index in [9.17, 15) is 19.5 Å². The van der Waals surface area contributed by atoms with Gasteiger partial charge in [0.2, 0.25) is 0 Å². The maximum absolute atomic E-state index is 12.9. The van der Waals surface area contributed by atoms with E-state index in [-0.39, 0.29) is 38.6 Å². The van der Waals surface area contributed by atoms with Gasteiger partial charge in [0.15, 0.2) is 12.4 Å². The van der Waals surface area contributed by atoms with Gasteiger partial charge in [-0.2, -0.15) is 0 Å². The standard InChI is InChI=1S/C80H131NO8/c1-6-8-10-12-14-16-18-20-22-24-26-28-30-32-34-36-37-38-39-40-41-43-45-47-49-51-53-55-57-59-61-63-65-67-69-71-78(83)89-76(75-88-80(79(84)85)86-73-72-81(3,4)5)74-87-77(82)70-68-66-64-62-60-58-56-54-52-50-48-46-44-42-35-33-31-29-27-25-23-21-19-17-15-13-11-9-7-2/h8,10,14,16,19-22,25-28,31-34,37-38,40-41,45,47,51,53,57,59,76,80H,6-7,9,11-13,15,17-18,23-24,29-30,35-36,39,42-44,46,48-50,52,54-56,58,60-75H2,1-5H3/b10-8-,16-14-,21-19-,22-20-,27-25-,28-26-,33-31-,34-32-,38-37-,41-40-,47-45-,53-51-,59-57-. The van der Waals surface area contributed by atoms with Crippen LogP contribution in [0.25, 0.3) is 0 Å². The number of unbranched alkanes of at least 4 members (excludes halogenated alkanes) is 23. The number of rotatable bonds is 64. The number of aliphatic carboxylic acids is 1. The van der Waals surface area contributed by atoms with Crippen LogP contribution < -0.4 is 5.11 Å². The number of ether oxygens (including phenoxy) is 4. The van der Waals surface area contributed by atoms with Gasteiger partial charge in [0.05, 0.1) is 40.3 Å². The Morgan fingerprint density at radius 1 is 0.348 bits per heavy atom. The predicted octanol–water partition coefficient (Wildman–Crippen LogP) is 21.1. The van der Waals surface area contributed by atoms with Crippen molar-refractivity contribution in [3.05, 3.63) is 158 Å². The highest BCUT2D eigenvalue weighted by molar-refractivity contribution is 5.70. The Balaban J connectivity index is 4.24. The number of esters is 2. The van der Waals surface area contributed by atoms with Crippen LogP contribution in [0.5, 0.6) is 0 Å². The minimum atomic E-state index is -1.64. The summed E-state index contributed by atoms with van der Waals surface area (Å²) < 4.78 is 22.8. The van der Waals surface area contributed by atoms with Gasteiger partial charge in [-0.1, -0.05) is 287 Å². The normalized spacial score (nSPS) is 13.7. The molecule has 0 N–H and O–H groups in total. The Hall–Kier alpha value is -5.09. The van der Waals surface area contributed by atoms with Crippen LogP contribution in [-0.2, 0) is 33.3 Å². The van der Waals surface area contributed by atoms with Crippen molar-refractivity contribution >= 4 is 17.9 Å². The van der Waals surface area contributed by atoms with E-state index in [1.54, 1.807) is 0 Å².